The Hall–Kier alpha value is -2.80. The van der Waals surface area contributed by atoms with Gasteiger partial charge in [0.1, 0.15) is 0 Å². The molecule has 0 aliphatic heterocycles. The molecule has 4 heteroatoms. The lowest BCUT2D eigenvalue weighted by Gasteiger charge is -2.09. The maximum atomic E-state index is 10.5. The van der Waals surface area contributed by atoms with Gasteiger partial charge in [-0.25, -0.2) is 9.59 Å². The molecule has 0 radical (unpaired) electrons. The van der Waals surface area contributed by atoms with E-state index in [1.807, 2.05) is 31.2 Å². The largest absolute Gasteiger partial charge is 0.240 e. The smallest absolute Gasteiger partial charge is 0.211 e. The predicted octanol–water partition coefficient (Wildman–Crippen LogP) is 3.52. The number of aliphatic imine (C=N–C) groups is 2. The van der Waals surface area contributed by atoms with Crippen LogP contribution in [0.25, 0.3) is 0 Å². The summed E-state index contributed by atoms with van der Waals surface area (Å²) >= 11 is 0. The lowest BCUT2D eigenvalue weighted by atomic mass is 9.98. The van der Waals surface area contributed by atoms with E-state index in [1.54, 1.807) is 18.2 Å². The first kappa shape index (κ1) is 13.6. The van der Waals surface area contributed by atoms with Crippen LogP contribution >= 0.6 is 0 Å². The van der Waals surface area contributed by atoms with Crippen LogP contribution in [-0.2, 0) is 16.0 Å². The first-order chi connectivity index (χ1) is 9.76. The third-order valence-electron chi connectivity index (χ3n) is 3.09. The molecule has 2 rings (SSSR count). The molecule has 0 amide bonds. The minimum atomic E-state index is 0.472. The zero-order valence-corrected chi connectivity index (χ0v) is 11.0. The molecule has 0 unspecified atom stereocenters. The van der Waals surface area contributed by atoms with Crippen LogP contribution in [0.4, 0.5) is 11.4 Å². The zero-order valence-electron chi connectivity index (χ0n) is 11.0. The van der Waals surface area contributed by atoms with Gasteiger partial charge in [0.2, 0.25) is 12.2 Å². The van der Waals surface area contributed by atoms with Crippen LogP contribution in [0.3, 0.4) is 0 Å². The number of isocyanates is 2. The van der Waals surface area contributed by atoms with Crippen LogP contribution in [-0.4, -0.2) is 12.2 Å². The van der Waals surface area contributed by atoms with Crippen LogP contribution in [0.15, 0.2) is 52.4 Å². The normalized spacial score (nSPS) is 9.45. The highest BCUT2D eigenvalue weighted by Gasteiger charge is 2.10. The summed E-state index contributed by atoms with van der Waals surface area (Å²) in [5.41, 5.74) is 3.87. The maximum Gasteiger partial charge on any atom is 0.240 e. The van der Waals surface area contributed by atoms with E-state index in [0.29, 0.717) is 23.4 Å². The molecule has 0 bridgehead atoms. The molecule has 0 saturated carbocycles. The van der Waals surface area contributed by atoms with E-state index in [2.05, 4.69) is 9.98 Å². The highest BCUT2D eigenvalue weighted by Crippen LogP contribution is 2.31. The van der Waals surface area contributed by atoms with Crippen LogP contribution < -0.4 is 0 Å². The van der Waals surface area contributed by atoms with Crippen molar-refractivity contribution < 1.29 is 9.59 Å². The second-order valence-electron chi connectivity index (χ2n) is 4.28. The van der Waals surface area contributed by atoms with E-state index >= 15 is 0 Å². The Morgan fingerprint density at radius 3 is 2.05 bits per heavy atom. The number of hydrogen-bond acceptors (Lipinski definition) is 4. The van der Waals surface area contributed by atoms with Gasteiger partial charge >= 0.3 is 0 Å². The Bertz CT molecular complexity index is 689. The molecule has 20 heavy (non-hydrogen) atoms. The van der Waals surface area contributed by atoms with Gasteiger partial charge in [-0.15, -0.1) is 0 Å². The average Bonchev–Trinajstić information content (AvgIpc) is 2.45. The molecular weight excluding hydrogens is 252 g/mol. The fourth-order valence-corrected chi connectivity index (χ4v) is 2.05. The van der Waals surface area contributed by atoms with Gasteiger partial charge in [0.25, 0.3) is 0 Å². The van der Waals surface area contributed by atoms with Crippen molar-refractivity contribution in [2.24, 2.45) is 9.98 Å². The zero-order chi connectivity index (χ0) is 14.4. The van der Waals surface area contributed by atoms with Crippen molar-refractivity contribution in [3.8, 4) is 0 Å². The summed E-state index contributed by atoms with van der Waals surface area (Å²) in [5.74, 6) is 0. The van der Waals surface area contributed by atoms with E-state index < -0.39 is 0 Å². The summed E-state index contributed by atoms with van der Waals surface area (Å²) < 4.78 is 0. The van der Waals surface area contributed by atoms with Gasteiger partial charge in [-0.1, -0.05) is 30.3 Å². The molecule has 0 heterocycles. The summed E-state index contributed by atoms with van der Waals surface area (Å²) in [6.45, 7) is 2.00. The van der Waals surface area contributed by atoms with Crippen LogP contribution in [0.1, 0.15) is 16.7 Å². The summed E-state index contributed by atoms with van der Waals surface area (Å²) in [6, 6.07) is 13.0. The number of hydrogen-bond donors (Lipinski definition) is 0. The van der Waals surface area contributed by atoms with Gasteiger partial charge in [0.05, 0.1) is 11.4 Å². The average molecular weight is 264 g/mol. The molecular formula is C16H12N2O2. The van der Waals surface area contributed by atoms with Gasteiger partial charge in [0, 0.05) is 12.0 Å². The van der Waals surface area contributed by atoms with Crippen LogP contribution in [0.5, 0.6) is 0 Å². The highest BCUT2D eigenvalue weighted by atomic mass is 16.1. The molecule has 0 atom stereocenters. The molecule has 2 aromatic rings. The Kier molecular flexibility index (Phi) is 4.35. The fraction of sp³-hybridized carbons (Fsp3) is 0.125. The van der Waals surface area contributed by atoms with E-state index in [-0.39, 0.29) is 0 Å². The van der Waals surface area contributed by atoms with Crippen molar-refractivity contribution in [1.82, 2.24) is 0 Å². The number of carbonyl (C=O) groups excluding carboxylic acids is 2. The van der Waals surface area contributed by atoms with Crippen LogP contribution in [0, 0.1) is 6.92 Å². The molecule has 0 aromatic heterocycles. The topological polar surface area (TPSA) is 58.9 Å². The molecule has 4 nitrogen and oxygen atoms in total. The minimum Gasteiger partial charge on any atom is -0.211 e. The fourth-order valence-electron chi connectivity index (χ4n) is 2.05. The number of aryl methyl sites for hydroxylation is 1. The monoisotopic (exact) mass is 264 g/mol. The maximum absolute atomic E-state index is 10.5. The predicted molar refractivity (Wildman–Crippen MR) is 76.0 cm³/mol. The third-order valence-corrected chi connectivity index (χ3v) is 3.09. The molecule has 0 saturated heterocycles. The number of rotatable bonds is 4. The van der Waals surface area contributed by atoms with Crippen molar-refractivity contribution in [3.63, 3.8) is 0 Å². The summed E-state index contributed by atoms with van der Waals surface area (Å²) in [6.07, 6.45) is 3.59. The molecule has 0 fully saturated rings. The minimum absolute atomic E-state index is 0.472. The second kappa shape index (κ2) is 6.39. The Labute approximate surface area is 116 Å². The van der Waals surface area contributed by atoms with E-state index in [4.69, 9.17) is 0 Å². The van der Waals surface area contributed by atoms with Crippen molar-refractivity contribution in [1.29, 1.82) is 0 Å². The molecule has 98 valence electrons. The highest BCUT2D eigenvalue weighted by molar-refractivity contribution is 5.66. The lowest BCUT2D eigenvalue weighted by molar-refractivity contribution is 0.565. The first-order valence-electron chi connectivity index (χ1n) is 6.08. The number of benzene rings is 2. The molecule has 2 aromatic carbocycles. The van der Waals surface area contributed by atoms with Gasteiger partial charge in [-0.05, 0) is 30.2 Å². The molecule has 0 aliphatic rings. The van der Waals surface area contributed by atoms with Gasteiger partial charge in [-0.2, -0.15) is 9.98 Å². The Morgan fingerprint density at radius 2 is 1.50 bits per heavy atom. The third kappa shape index (κ3) is 2.96. The van der Waals surface area contributed by atoms with E-state index in [1.165, 1.54) is 12.2 Å². The van der Waals surface area contributed by atoms with Gasteiger partial charge < -0.3 is 0 Å². The standard InChI is InChI=1S/C16H12N2O2/c1-12-5-2-3-6-13(12)9-14-15(17-10-19)7-4-8-16(14)18-11-20/h2-8H,9H2,1H3. The van der Waals surface area contributed by atoms with Gasteiger partial charge in [0.15, 0.2) is 0 Å². The van der Waals surface area contributed by atoms with Gasteiger partial charge in [-0.3, -0.25) is 0 Å². The Morgan fingerprint density at radius 1 is 0.900 bits per heavy atom. The summed E-state index contributed by atoms with van der Waals surface area (Å²) in [5, 5.41) is 0. The number of nitrogens with zero attached hydrogens (tertiary/aromatic N) is 2. The lowest BCUT2D eigenvalue weighted by Crippen LogP contribution is -1.93. The van der Waals surface area contributed by atoms with E-state index in [0.717, 1.165) is 11.1 Å². The molecule has 0 spiro atoms. The van der Waals surface area contributed by atoms with Crippen LogP contribution in [0.2, 0.25) is 0 Å². The SMILES string of the molecule is Cc1ccccc1Cc1c(N=C=O)cccc1N=C=O. The molecule has 0 N–H and O–H groups in total. The first-order valence-corrected chi connectivity index (χ1v) is 6.08. The van der Waals surface area contributed by atoms with Crippen molar-refractivity contribution in [2.75, 3.05) is 0 Å². The van der Waals surface area contributed by atoms with Crippen molar-refractivity contribution in [2.45, 2.75) is 13.3 Å². The molecule has 0 aliphatic carbocycles. The van der Waals surface area contributed by atoms with Crippen molar-refractivity contribution in [3.05, 3.63) is 59.2 Å². The van der Waals surface area contributed by atoms with E-state index in [9.17, 15) is 9.59 Å². The van der Waals surface area contributed by atoms with Crippen molar-refractivity contribution >= 4 is 23.5 Å². The summed E-state index contributed by atoms with van der Waals surface area (Å²) in [4.78, 5) is 28.4. The summed E-state index contributed by atoms with van der Waals surface area (Å²) in [7, 11) is 0. The second-order valence-corrected chi connectivity index (χ2v) is 4.28. The Balaban J connectivity index is 2.56. The quantitative estimate of drug-likeness (QED) is 0.626.